The Bertz CT molecular complexity index is 551. The molecule has 1 atom stereocenters. The molecule has 1 nitrogen and oxygen atoms in total. The van der Waals surface area contributed by atoms with Crippen molar-refractivity contribution in [2.45, 2.75) is 32.8 Å². The first-order valence-corrected chi connectivity index (χ1v) is 6.24. The maximum Gasteiger partial charge on any atom is 0.140 e. The molecule has 0 radical (unpaired) electrons. The number of hydrogen-bond donors (Lipinski definition) is 1. The monoisotopic (exact) mass is 238 g/mol. The van der Waals surface area contributed by atoms with Gasteiger partial charge in [-0.3, -0.25) is 0 Å². The van der Waals surface area contributed by atoms with Gasteiger partial charge in [-0.15, -0.1) is 6.42 Å². The van der Waals surface area contributed by atoms with E-state index in [1.165, 1.54) is 16.7 Å². The standard InChI is InChI=1S/C17H18O/c1-4-16(18)17-14(11-12(2)3)10-9-13-7-5-6-8-15(13)17/h1,5-8,11,16,18H,9-10H2,2-3H3. The lowest BCUT2D eigenvalue weighted by molar-refractivity contribution is 0.288. The highest BCUT2D eigenvalue weighted by molar-refractivity contribution is 5.79. The van der Waals surface area contributed by atoms with Crippen LogP contribution in [0, 0.1) is 12.3 Å². The summed E-state index contributed by atoms with van der Waals surface area (Å²) in [7, 11) is 0. The molecule has 1 heteroatoms. The largest absolute Gasteiger partial charge is 0.376 e. The average Bonchev–Trinajstić information content (AvgIpc) is 2.37. The molecule has 0 fully saturated rings. The van der Waals surface area contributed by atoms with E-state index < -0.39 is 6.10 Å². The van der Waals surface area contributed by atoms with E-state index in [-0.39, 0.29) is 0 Å². The lowest BCUT2D eigenvalue weighted by atomic mass is 9.82. The molecule has 2 rings (SSSR count). The SMILES string of the molecule is C#CC(O)C1=C(C=C(C)C)CCc2ccccc21. The topological polar surface area (TPSA) is 20.2 Å². The molecule has 1 aromatic rings. The Balaban J connectivity index is 2.62. The van der Waals surface area contributed by atoms with E-state index in [2.05, 4.69) is 31.9 Å². The molecule has 1 aliphatic carbocycles. The third-order valence-electron chi connectivity index (χ3n) is 3.21. The number of allylic oxidation sites excluding steroid dienone is 3. The first-order valence-electron chi connectivity index (χ1n) is 6.24. The molecule has 18 heavy (non-hydrogen) atoms. The summed E-state index contributed by atoms with van der Waals surface area (Å²) in [5.41, 5.74) is 5.67. The molecule has 0 heterocycles. The van der Waals surface area contributed by atoms with Crippen molar-refractivity contribution < 1.29 is 5.11 Å². The van der Waals surface area contributed by atoms with Crippen LogP contribution in [0.15, 0.2) is 41.5 Å². The minimum absolute atomic E-state index is 0.822. The van der Waals surface area contributed by atoms with Crippen LogP contribution in [-0.2, 0) is 6.42 Å². The summed E-state index contributed by atoms with van der Waals surface area (Å²) in [6.07, 6.45) is 8.66. The quantitative estimate of drug-likeness (QED) is 0.783. The summed E-state index contributed by atoms with van der Waals surface area (Å²) in [5, 5.41) is 10.1. The number of rotatable bonds is 2. The molecule has 0 saturated carbocycles. The molecule has 0 amide bonds. The lowest BCUT2D eigenvalue weighted by Gasteiger charge is -2.23. The van der Waals surface area contributed by atoms with Crippen LogP contribution >= 0.6 is 0 Å². The molecule has 0 bridgehead atoms. The molecule has 1 aromatic carbocycles. The van der Waals surface area contributed by atoms with E-state index in [4.69, 9.17) is 6.42 Å². The van der Waals surface area contributed by atoms with Gasteiger partial charge in [-0.05, 0) is 43.4 Å². The summed E-state index contributed by atoms with van der Waals surface area (Å²) in [6.45, 7) is 4.13. The van der Waals surface area contributed by atoms with Crippen LogP contribution in [-0.4, -0.2) is 11.2 Å². The molecule has 0 spiro atoms. The van der Waals surface area contributed by atoms with E-state index >= 15 is 0 Å². The Morgan fingerprint density at radius 3 is 2.72 bits per heavy atom. The van der Waals surface area contributed by atoms with E-state index in [9.17, 15) is 5.11 Å². The smallest absolute Gasteiger partial charge is 0.140 e. The van der Waals surface area contributed by atoms with Gasteiger partial charge in [0, 0.05) is 5.57 Å². The van der Waals surface area contributed by atoms with Gasteiger partial charge in [0.15, 0.2) is 0 Å². The molecule has 0 aliphatic heterocycles. The van der Waals surface area contributed by atoms with Gasteiger partial charge >= 0.3 is 0 Å². The number of aliphatic hydroxyl groups excluding tert-OH is 1. The Morgan fingerprint density at radius 1 is 1.33 bits per heavy atom. The van der Waals surface area contributed by atoms with Gasteiger partial charge in [0.2, 0.25) is 0 Å². The normalized spacial score (nSPS) is 15.7. The summed E-state index contributed by atoms with van der Waals surface area (Å²) in [5.74, 6) is 2.45. The zero-order chi connectivity index (χ0) is 13.1. The highest BCUT2D eigenvalue weighted by Gasteiger charge is 2.21. The van der Waals surface area contributed by atoms with Gasteiger partial charge in [-0.2, -0.15) is 0 Å². The summed E-state index contributed by atoms with van der Waals surface area (Å²) < 4.78 is 0. The van der Waals surface area contributed by atoms with E-state index in [0.717, 1.165) is 24.0 Å². The zero-order valence-electron chi connectivity index (χ0n) is 10.9. The number of fused-ring (bicyclic) bond motifs is 1. The highest BCUT2D eigenvalue weighted by atomic mass is 16.3. The van der Waals surface area contributed by atoms with Gasteiger partial charge < -0.3 is 5.11 Å². The van der Waals surface area contributed by atoms with Gasteiger partial charge in [-0.25, -0.2) is 0 Å². The van der Waals surface area contributed by atoms with Crippen molar-refractivity contribution in [3.05, 3.63) is 52.6 Å². The van der Waals surface area contributed by atoms with Crippen LogP contribution in [0.25, 0.3) is 5.57 Å². The first kappa shape index (κ1) is 12.7. The molecule has 1 aliphatic rings. The average molecular weight is 238 g/mol. The van der Waals surface area contributed by atoms with Gasteiger partial charge in [-0.1, -0.05) is 41.8 Å². The number of benzene rings is 1. The van der Waals surface area contributed by atoms with E-state index in [0.29, 0.717) is 0 Å². The lowest BCUT2D eigenvalue weighted by Crippen LogP contribution is -2.14. The van der Waals surface area contributed by atoms with Gasteiger partial charge in [0.1, 0.15) is 6.10 Å². The molecule has 1 unspecified atom stereocenters. The van der Waals surface area contributed by atoms with Crippen LogP contribution < -0.4 is 0 Å². The van der Waals surface area contributed by atoms with Crippen LogP contribution in [0.2, 0.25) is 0 Å². The second-order valence-corrected chi connectivity index (χ2v) is 4.89. The van der Waals surface area contributed by atoms with Crippen molar-refractivity contribution in [1.82, 2.24) is 0 Å². The second-order valence-electron chi connectivity index (χ2n) is 4.89. The molecule has 92 valence electrons. The predicted octanol–water partition coefficient (Wildman–Crippen LogP) is 3.35. The molecule has 0 aromatic heterocycles. The van der Waals surface area contributed by atoms with Crippen molar-refractivity contribution in [2.24, 2.45) is 0 Å². The van der Waals surface area contributed by atoms with Crippen LogP contribution in [0.3, 0.4) is 0 Å². The Morgan fingerprint density at radius 2 is 2.06 bits per heavy atom. The van der Waals surface area contributed by atoms with Gasteiger partial charge in [0.25, 0.3) is 0 Å². The third-order valence-corrected chi connectivity index (χ3v) is 3.21. The fourth-order valence-corrected chi connectivity index (χ4v) is 2.48. The number of aliphatic hydroxyl groups is 1. The fourth-order valence-electron chi connectivity index (χ4n) is 2.48. The molecular weight excluding hydrogens is 220 g/mol. The number of hydrogen-bond acceptors (Lipinski definition) is 1. The van der Waals surface area contributed by atoms with Crippen LogP contribution in [0.5, 0.6) is 0 Å². The summed E-state index contributed by atoms with van der Waals surface area (Å²) >= 11 is 0. The van der Waals surface area contributed by atoms with Gasteiger partial charge in [0.05, 0.1) is 0 Å². The summed E-state index contributed by atoms with van der Waals surface area (Å²) in [4.78, 5) is 0. The Hall–Kier alpha value is -1.78. The van der Waals surface area contributed by atoms with Crippen molar-refractivity contribution in [2.75, 3.05) is 0 Å². The first-order chi connectivity index (χ1) is 8.63. The Kier molecular flexibility index (Phi) is 3.69. The van der Waals surface area contributed by atoms with Crippen molar-refractivity contribution in [3.63, 3.8) is 0 Å². The van der Waals surface area contributed by atoms with Crippen molar-refractivity contribution in [1.29, 1.82) is 0 Å². The highest BCUT2D eigenvalue weighted by Crippen LogP contribution is 2.34. The van der Waals surface area contributed by atoms with Crippen LogP contribution in [0.4, 0.5) is 0 Å². The van der Waals surface area contributed by atoms with E-state index in [1.807, 2.05) is 18.2 Å². The second kappa shape index (κ2) is 5.25. The minimum Gasteiger partial charge on any atom is -0.376 e. The summed E-state index contributed by atoms with van der Waals surface area (Å²) in [6, 6.07) is 8.18. The predicted molar refractivity (Wildman–Crippen MR) is 76.0 cm³/mol. The van der Waals surface area contributed by atoms with Crippen LogP contribution in [0.1, 0.15) is 31.4 Å². The minimum atomic E-state index is -0.822. The van der Waals surface area contributed by atoms with Crippen molar-refractivity contribution >= 4 is 5.57 Å². The maximum atomic E-state index is 10.1. The van der Waals surface area contributed by atoms with E-state index in [1.54, 1.807) is 0 Å². The number of terminal acetylenes is 1. The molecule has 1 N–H and O–H groups in total. The maximum absolute atomic E-state index is 10.1. The third kappa shape index (κ3) is 2.39. The molecular formula is C17H18O. The zero-order valence-corrected chi connectivity index (χ0v) is 10.9. The fraction of sp³-hybridized carbons (Fsp3) is 0.294. The van der Waals surface area contributed by atoms with Crippen molar-refractivity contribution in [3.8, 4) is 12.3 Å². The Labute approximate surface area is 109 Å². The number of aryl methyl sites for hydroxylation is 1. The molecule has 0 saturated heterocycles.